The summed E-state index contributed by atoms with van der Waals surface area (Å²) in [6.45, 7) is 1.94. The van der Waals surface area contributed by atoms with Gasteiger partial charge in [-0.15, -0.1) is 0 Å². The van der Waals surface area contributed by atoms with Gasteiger partial charge in [-0.25, -0.2) is 8.78 Å². The lowest BCUT2D eigenvalue weighted by Crippen LogP contribution is -2.42. The number of aliphatic hydroxyl groups excluding tert-OH is 1. The van der Waals surface area contributed by atoms with E-state index in [4.69, 9.17) is 4.74 Å². The predicted molar refractivity (Wildman–Crippen MR) is 58.5 cm³/mol. The molecule has 0 aromatic heterocycles. The van der Waals surface area contributed by atoms with Crippen molar-refractivity contribution in [2.24, 2.45) is 0 Å². The fraction of sp³-hybridized carbons (Fsp3) is 0.500. The van der Waals surface area contributed by atoms with Gasteiger partial charge >= 0.3 is 0 Å². The van der Waals surface area contributed by atoms with Gasteiger partial charge in [0, 0.05) is 12.6 Å². The Labute approximate surface area is 98.4 Å². The normalized spacial score (nSPS) is 22.4. The van der Waals surface area contributed by atoms with Crippen LogP contribution in [0.3, 0.4) is 0 Å². The first-order valence-electron chi connectivity index (χ1n) is 5.61. The van der Waals surface area contributed by atoms with E-state index in [1.54, 1.807) is 0 Å². The first kappa shape index (κ1) is 12.4. The van der Waals surface area contributed by atoms with Gasteiger partial charge < -0.3 is 15.2 Å². The summed E-state index contributed by atoms with van der Waals surface area (Å²) in [7, 11) is 0. The van der Waals surface area contributed by atoms with Crippen LogP contribution < -0.4 is 5.32 Å². The Bertz CT molecular complexity index is 381. The molecule has 0 radical (unpaired) electrons. The van der Waals surface area contributed by atoms with Gasteiger partial charge in [0.1, 0.15) is 0 Å². The van der Waals surface area contributed by atoms with Crippen LogP contribution in [-0.2, 0) is 4.74 Å². The second-order valence-corrected chi connectivity index (χ2v) is 4.15. The van der Waals surface area contributed by atoms with E-state index in [9.17, 15) is 13.9 Å². The van der Waals surface area contributed by atoms with Crippen molar-refractivity contribution in [3.8, 4) is 0 Å². The summed E-state index contributed by atoms with van der Waals surface area (Å²) in [6.07, 6.45) is -0.394. The highest BCUT2D eigenvalue weighted by Crippen LogP contribution is 2.21. The van der Waals surface area contributed by atoms with Crippen LogP contribution in [0, 0.1) is 11.6 Å². The Balaban J connectivity index is 1.98. The van der Waals surface area contributed by atoms with E-state index in [-0.39, 0.29) is 6.04 Å². The van der Waals surface area contributed by atoms with Gasteiger partial charge in [-0.2, -0.15) is 0 Å². The molecule has 2 N–H and O–H groups in total. The van der Waals surface area contributed by atoms with Crippen molar-refractivity contribution in [1.29, 1.82) is 0 Å². The van der Waals surface area contributed by atoms with Gasteiger partial charge in [0.25, 0.3) is 0 Å². The van der Waals surface area contributed by atoms with E-state index in [0.29, 0.717) is 25.2 Å². The predicted octanol–water partition coefficient (Wildman–Crippen LogP) is 1.38. The average Bonchev–Trinajstić information content (AvgIpc) is 2.34. The summed E-state index contributed by atoms with van der Waals surface area (Å²) < 4.78 is 31.0. The third-order valence-electron chi connectivity index (χ3n) is 2.83. The van der Waals surface area contributed by atoms with E-state index in [1.165, 1.54) is 6.07 Å². The molecule has 1 aromatic carbocycles. The van der Waals surface area contributed by atoms with Crippen LogP contribution in [0.1, 0.15) is 18.1 Å². The first-order chi connectivity index (χ1) is 8.16. The molecule has 1 saturated heterocycles. The number of aliphatic hydroxyl groups is 1. The zero-order valence-electron chi connectivity index (χ0n) is 9.33. The van der Waals surface area contributed by atoms with Crippen LogP contribution in [0.5, 0.6) is 0 Å². The average molecular weight is 243 g/mol. The lowest BCUT2D eigenvalue weighted by atomic mass is 10.0. The Kier molecular flexibility index (Phi) is 4.04. The summed E-state index contributed by atoms with van der Waals surface area (Å²) in [4.78, 5) is 0. The van der Waals surface area contributed by atoms with Crippen molar-refractivity contribution in [2.75, 3.05) is 19.8 Å². The quantitative estimate of drug-likeness (QED) is 0.842. The minimum absolute atomic E-state index is 0.0480. The molecule has 94 valence electrons. The van der Waals surface area contributed by atoms with Crippen molar-refractivity contribution in [1.82, 2.24) is 5.32 Å². The van der Waals surface area contributed by atoms with Gasteiger partial charge in [0.15, 0.2) is 11.6 Å². The standard InChI is InChI=1S/C12H15F2NO2/c13-10-2-1-8(5-11(10)14)12(16)6-9-7-17-4-3-15-9/h1-2,5,9,12,15-16H,3-4,6-7H2. The lowest BCUT2D eigenvalue weighted by molar-refractivity contribution is 0.0518. The third-order valence-corrected chi connectivity index (χ3v) is 2.83. The van der Waals surface area contributed by atoms with Gasteiger partial charge in [-0.05, 0) is 24.1 Å². The number of morpholine rings is 1. The number of rotatable bonds is 3. The van der Waals surface area contributed by atoms with Crippen LogP contribution in [-0.4, -0.2) is 30.9 Å². The van der Waals surface area contributed by atoms with E-state index in [0.717, 1.165) is 18.7 Å². The largest absolute Gasteiger partial charge is 0.388 e. The maximum absolute atomic E-state index is 13.0. The molecular weight excluding hydrogens is 228 g/mol. The molecule has 0 saturated carbocycles. The molecular formula is C12H15F2NO2. The van der Waals surface area contributed by atoms with Crippen molar-refractivity contribution in [3.63, 3.8) is 0 Å². The number of halogens is 2. The fourth-order valence-electron chi connectivity index (χ4n) is 1.90. The highest BCUT2D eigenvalue weighted by atomic mass is 19.2. The Morgan fingerprint density at radius 2 is 2.24 bits per heavy atom. The smallest absolute Gasteiger partial charge is 0.159 e. The number of hydrogen-bond donors (Lipinski definition) is 2. The number of benzene rings is 1. The van der Waals surface area contributed by atoms with Gasteiger partial charge in [-0.1, -0.05) is 6.07 Å². The van der Waals surface area contributed by atoms with Crippen LogP contribution in [0.25, 0.3) is 0 Å². The molecule has 1 heterocycles. The van der Waals surface area contributed by atoms with Crippen molar-refractivity contribution >= 4 is 0 Å². The number of ether oxygens (including phenoxy) is 1. The Morgan fingerprint density at radius 3 is 2.88 bits per heavy atom. The summed E-state index contributed by atoms with van der Waals surface area (Å²) in [5.74, 6) is -1.84. The molecule has 3 nitrogen and oxygen atoms in total. The molecule has 1 aliphatic heterocycles. The molecule has 1 aliphatic rings. The van der Waals surface area contributed by atoms with Crippen LogP contribution in [0.15, 0.2) is 18.2 Å². The molecule has 0 aliphatic carbocycles. The monoisotopic (exact) mass is 243 g/mol. The van der Waals surface area contributed by atoms with E-state index < -0.39 is 17.7 Å². The highest BCUT2D eigenvalue weighted by molar-refractivity contribution is 5.20. The third kappa shape index (κ3) is 3.21. The maximum Gasteiger partial charge on any atom is 0.159 e. The molecule has 2 rings (SSSR count). The molecule has 5 heteroatoms. The molecule has 0 bridgehead atoms. The summed E-state index contributed by atoms with van der Waals surface area (Å²) in [5, 5.41) is 13.1. The first-order valence-corrected chi connectivity index (χ1v) is 5.61. The van der Waals surface area contributed by atoms with E-state index >= 15 is 0 Å². The molecule has 1 fully saturated rings. The van der Waals surface area contributed by atoms with Crippen LogP contribution in [0.2, 0.25) is 0 Å². The zero-order chi connectivity index (χ0) is 12.3. The topological polar surface area (TPSA) is 41.5 Å². The van der Waals surface area contributed by atoms with Crippen molar-refractivity contribution in [2.45, 2.75) is 18.6 Å². The number of nitrogens with one attached hydrogen (secondary N) is 1. The van der Waals surface area contributed by atoms with Crippen LogP contribution >= 0.6 is 0 Å². The second-order valence-electron chi connectivity index (χ2n) is 4.15. The molecule has 17 heavy (non-hydrogen) atoms. The molecule has 2 atom stereocenters. The van der Waals surface area contributed by atoms with Crippen molar-refractivity contribution in [3.05, 3.63) is 35.4 Å². The highest BCUT2D eigenvalue weighted by Gasteiger charge is 2.19. The summed E-state index contributed by atoms with van der Waals surface area (Å²) in [5.41, 5.74) is 0.385. The number of hydrogen-bond acceptors (Lipinski definition) is 3. The maximum atomic E-state index is 13.0. The molecule has 0 amide bonds. The lowest BCUT2D eigenvalue weighted by Gasteiger charge is -2.25. The molecule has 2 unspecified atom stereocenters. The van der Waals surface area contributed by atoms with E-state index in [1.807, 2.05) is 0 Å². The molecule has 1 aromatic rings. The summed E-state index contributed by atoms with van der Waals surface area (Å²) >= 11 is 0. The minimum Gasteiger partial charge on any atom is -0.388 e. The van der Waals surface area contributed by atoms with Crippen LogP contribution in [0.4, 0.5) is 8.78 Å². The fourth-order valence-corrected chi connectivity index (χ4v) is 1.90. The minimum atomic E-state index is -0.936. The van der Waals surface area contributed by atoms with E-state index in [2.05, 4.69) is 5.32 Å². The SMILES string of the molecule is OC(CC1COCCN1)c1ccc(F)c(F)c1. The second kappa shape index (κ2) is 5.53. The van der Waals surface area contributed by atoms with Gasteiger partial charge in [0.05, 0.1) is 19.3 Å². The van der Waals surface area contributed by atoms with Gasteiger partial charge in [0.2, 0.25) is 0 Å². The van der Waals surface area contributed by atoms with Gasteiger partial charge in [-0.3, -0.25) is 0 Å². The van der Waals surface area contributed by atoms with Crippen molar-refractivity contribution < 1.29 is 18.6 Å². The summed E-state index contributed by atoms with van der Waals surface area (Å²) in [6, 6.07) is 3.50. The molecule has 0 spiro atoms. The Hall–Kier alpha value is -1.04. The zero-order valence-corrected chi connectivity index (χ0v) is 9.33. The Morgan fingerprint density at radius 1 is 1.41 bits per heavy atom.